The van der Waals surface area contributed by atoms with E-state index in [0.717, 1.165) is 30.1 Å². The molecule has 3 saturated carbocycles. The maximum absolute atomic E-state index is 12.2. The van der Waals surface area contributed by atoms with Crippen molar-refractivity contribution in [2.24, 2.45) is 46.2 Å². The van der Waals surface area contributed by atoms with Gasteiger partial charge in [0.1, 0.15) is 0 Å². The number of amides is 1. The lowest BCUT2D eigenvalue weighted by Crippen LogP contribution is -2.57. The van der Waals surface area contributed by atoms with E-state index >= 15 is 0 Å². The van der Waals surface area contributed by atoms with Crippen LogP contribution in [0.5, 0.6) is 0 Å². The third-order valence-electron chi connectivity index (χ3n) is 8.18. The Morgan fingerprint density at radius 2 is 1.82 bits per heavy atom. The fraction of sp³-hybridized carbons (Fsp3) is 0.950. The first-order chi connectivity index (χ1) is 10.3. The van der Waals surface area contributed by atoms with Gasteiger partial charge in [-0.2, -0.15) is 0 Å². The average Bonchev–Trinajstić information content (AvgIpc) is 2.46. The summed E-state index contributed by atoms with van der Waals surface area (Å²) in [4.78, 5) is 12.2. The molecule has 2 nitrogen and oxygen atoms in total. The number of rotatable bonds is 2. The molecule has 0 aliphatic heterocycles. The first kappa shape index (κ1) is 16.3. The minimum atomic E-state index is -0.257. The zero-order valence-corrected chi connectivity index (χ0v) is 15.0. The van der Waals surface area contributed by atoms with Crippen molar-refractivity contribution in [2.45, 2.75) is 79.1 Å². The molecule has 2 heteroatoms. The largest absolute Gasteiger partial charge is 0.369 e. The Morgan fingerprint density at radius 1 is 1.09 bits per heavy atom. The van der Waals surface area contributed by atoms with Gasteiger partial charge in [0, 0.05) is 5.41 Å². The molecule has 0 spiro atoms. The zero-order chi connectivity index (χ0) is 16.1. The Labute approximate surface area is 136 Å². The third-order valence-corrected chi connectivity index (χ3v) is 8.18. The molecule has 6 atom stereocenters. The summed E-state index contributed by atoms with van der Waals surface area (Å²) >= 11 is 0. The van der Waals surface area contributed by atoms with Crippen LogP contribution in [0, 0.1) is 40.4 Å². The van der Waals surface area contributed by atoms with E-state index < -0.39 is 0 Å². The van der Waals surface area contributed by atoms with E-state index in [1.54, 1.807) is 0 Å². The molecular weight excluding hydrogens is 270 g/mol. The van der Waals surface area contributed by atoms with Crippen molar-refractivity contribution in [1.29, 1.82) is 0 Å². The van der Waals surface area contributed by atoms with Gasteiger partial charge < -0.3 is 5.73 Å². The number of hydrogen-bond donors (Lipinski definition) is 1. The van der Waals surface area contributed by atoms with Crippen molar-refractivity contribution in [1.82, 2.24) is 0 Å². The second-order valence-electron chi connectivity index (χ2n) is 9.45. The van der Waals surface area contributed by atoms with Gasteiger partial charge in [-0.25, -0.2) is 0 Å². The summed E-state index contributed by atoms with van der Waals surface area (Å²) in [5.74, 6) is 3.96. The van der Waals surface area contributed by atoms with Crippen LogP contribution in [0.3, 0.4) is 0 Å². The van der Waals surface area contributed by atoms with Gasteiger partial charge in [0.15, 0.2) is 0 Å². The van der Waals surface area contributed by atoms with Gasteiger partial charge in [-0.1, -0.05) is 34.1 Å². The van der Waals surface area contributed by atoms with Crippen molar-refractivity contribution < 1.29 is 4.79 Å². The molecule has 0 heterocycles. The predicted octanol–water partition coefficient (Wildman–Crippen LogP) is 4.77. The van der Waals surface area contributed by atoms with Crippen molar-refractivity contribution in [2.75, 3.05) is 0 Å². The van der Waals surface area contributed by atoms with Gasteiger partial charge in [0.2, 0.25) is 5.91 Å². The van der Waals surface area contributed by atoms with Crippen LogP contribution in [-0.2, 0) is 4.79 Å². The van der Waals surface area contributed by atoms with E-state index in [9.17, 15) is 4.79 Å². The van der Waals surface area contributed by atoms with Gasteiger partial charge in [-0.05, 0) is 80.0 Å². The number of primary amides is 1. The molecule has 0 radical (unpaired) electrons. The lowest BCUT2D eigenvalue weighted by Gasteiger charge is -2.61. The van der Waals surface area contributed by atoms with E-state index in [4.69, 9.17) is 5.73 Å². The third kappa shape index (κ3) is 2.32. The molecule has 3 aliphatic rings. The number of hydrogen-bond acceptors (Lipinski definition) is 1. The molecular formula is C20H35NO. The predicted molar refractivity (Wildman–Crippen MR) is 91.1 cm³/mol. The molecule has 0 bridgehead atoms. The molecule has 1 amide bonds. The van der Waals surface area contributed by atoms with Crippen LogP contribution in [-0.4, -0.2) is 5.91 Å². The van der Waals surface area contributed by atoms with Crippen LogP contribution in [0.15, 0.2) is 0 Å². The Kier molecular flexibility index (Phi) is 4.10. The highest BCUT2D eigenvalue weighted by Crippen LogP contribution is 2.64. The smallest absolute Gasteiger partial charge is 0.223 e. The van der Waals surface area contributed by atoms with E-state index in [0.29, 0.717) is 11.3 Å². The van der Waals surface area contributed by atoms with Gasteiger partial charge in [0.05, 0.1) is 0 Å². The van der Waals surface area contributed by atoms with Crippen LogP contribution in [0.25, 0.3) is 0 Å². The summed E-state index contributed by atoms with van der Waals surface area (Å²) in [5.41, 5.74) is 5.96. The molecule has 0 saturated heterocycles. The first-order valence-corrected chi connectivity index (χ1v) is 9.59. The highest BCUT2D eigenvalue weighted by Gasteiger charge is 2.58. The Hall–Kier alpha value is -0.530. The van der Waals surface area contributed by atoms with Crippen LogP contribution < -0.4 is 5.73 Å². The highest BCUT2D eigenvalue weighted by molar-refractivity contribution is 5.81. The van der Waals surface area contributed by atoms with Crippen LogP contribution in [0.2, 0.25) is 0 Å². The maximum atomic E-state index is 12.2. The lowest BCUT2D eigenvalue weighted by molar-refractivity contribution is -0.154. The zero-order valence-electron chi connectivity index (χ0n) is 15.0. The van der Waals surface area contributed by atoms with Gasteiger partial charge in [-0.3, -0.25) is 4.79 Å². The number of fused-ring (bicyclic) bond motifs is 3. The Morgan fingerprint density at radius 3 is 2.45 bits per heavy atom. The second-order valence-corrected chi connectivity index (χ2v) is 9.45. The maximum Gasteiger partial charge on any atom is 0.223 e. The van der Waals surface area contributed by atoms with Crippen LogP contribution in [0.1, 0.15) is 79.1 Å². The van der Waals surface area contributed by atoms with Gasteiger partial charge in [0.25, 0.3) is 0 Å². The minimum Gasteiger partial charge on any atom is -0.369 e. The van der Waals surface area contributed by atoms with E-state index in [2.05, 4.69) is 27.7 Å². The monoisotopic (exact) mass is 305 g/mol. The molecule has 0 aromatic heterocycles. The number of carbonyl (C=O) groups is 1. The van der Waals surface area contributed by atoms with E-state index in [1.807, 2.05) is 0 Å². The summed E-state index contributed by atoms with van der Waals surface area (Å²) < 4.78 is 0. The van der Waals surface area contributed by atoms with Crippen LogP contribution in [0.4, 0.5) is 0 Å². The minimum absolute atomic E-state index is 0.0438. The molecule has 3 fully saturated rings. The molecule has 126 valence electrons. The molecule has 2 N–H and O–H groups in total. The Bertz CT molecular complexity index is 445. The second kappa shape index (κ2) is 5.53. The Balaban J connectivity index is 1.86. The highest BCUT2D eigenvalue weighted by atomic mass is 16.1. The summed E-state index contributed by atoms with van der Waals surface area (Å²) in [6, 6.07) is 0. The van der Waals surface area contributed by atoms with E-state index in [1.165, 1.54) is 44.9 Å². The first-order valence-electron chi connectivity index (χ1n) is 9.59. The number of nitrogens with two attached hydrogens (primary N) is 1. The van der Waals surface area contributed by atoms with Crippen molar-refractivity contribution in [3.63, 3.8) is 0 Å². The fourth-order valence-electron chi connectivity index (χ4n) is 6.77. The van der Waals surface area contributed by atoms with Gasteiger partial charge in [-0.15, -0.1) is 0 Å². The van der Waals surface area contributed by atoms with Gasteiger partial charge >= 0.3 is 0 Å². The topological polar surface area (TPSA) is 43.1 Å². The van der Waals surface area contributed by atoms with Crippen molar-refractivity contribution in [3.8, 4) is 0 Å². The molecule has 0 unspecified atom stereocenters. The molecule has 0 aromatic rings. The summed E-state index contributed by atoms with van der Waals surface area (Å²) in [7, 11) is 0. The molecule has 3 aliphatic carbocycles. The normalized spacial score (nSPS) is 48.6. The van der Waals surface area contributed by atoms with E-state index in [-0.39, 0.29) is 11.3 Å². The standard InChI is InChI=1S/C20H35NO/c1-13(2)14-6-8-16-15(12-14)7-9-17-19(16,3)10-5-11-20(17,4)18(21)22/h13-17H,5-12H2,1-4H3,(H2,21,22)/t14-,15-,16-,17-,19-,20-/m1/s1. The summed E-state index contributed by atoms with van der Waals surface area (Å²) in [5, 5.41) is 0. The molecule has 22 heavy (non-hydrogen) atoms. The average molecular weight is 306 g/mol. The quantitative estimate of drug-likeness (QED) is 0.785. The fourth-order valence-corrected chi connectivity index (χ4v) is 6.77. The van der Waals surface area contributed by atoms with Crippen molar-refractivity contribution in [3.05, 3.63) is 0 Å². The van der Waals surface area contributed by atoms with Crippen LogP contribution >= 0.6 is 0 Å². The molecule has 3 rings (SSSR count). The lowest BCUT2D eigenvalue weighted by atomic mass is 9.43. The molecule has 0 aromatic carbocycles. The summed E-state index contributed by atoms with van der Waals surface area (Å²) in [6.07, 6.45) is 10.3. The van der Waals surface area contributed by atoms with Crippen molar-refractivity contribution >= 4 is 5.91 Å². The summed E-state index contributed by atoms with van der Waals surface area (Å²) in [6.45, 7) is 9.45. The SMILES string of the molecule is CC(C)[C@@H]1CC[C@@H]2[C@H](CC[C@@H]3[C@]2(C)CCC[C@@]3(C)C(N)=O)C1. The number of carbonyl (C=O) groups excluding carboxylic acids is 1.